The number of nitrogens with two attached hydrogens (primary N) is 1. The number of nitrogen functional groups attached to an aromatic ring is 1. The molecule has 0 aliphatic carbocycles. The van der Waals surface area contributed by atoms with Crippen LogP contribution in [0.1, 0.15) is 0 Å². The van der Waals surface area contributed by atoms with Crippen LogP contribution in [0.4, 0.5) is 11.6 Å². The Balaban J connectivity index is 2.93. The van der Waals surface area contributed by atoms with Crippen LogP contribution in [0.3, 0.4) is 0 Å². The molecule has 5 nitrogen and oxygen atoms in total. The molecular weight excluding hydrogens is 263 g/mol. The van der Waals surface area contributed by atoms with E-state index in [-0.39, 0.29) is 18.3 Å². The first-order valence-electron chi connectivity index (χ1n) is 4.85. The van der Waals surface area contributed by atoms with Crippen LogP contribution in [-0.4, -0.2) is 43.5 Å². The second-order valence-corrected chi connectivity index (χ2v) is 4.62. The number of nitrogens with zero attached hydrogens (tertiary/aromatic N) is 3. The van der Waals surface area contributed by atoms with E-state index >= 15 is 0 Å². The summed E-state index contributed by atoms with van der Waals surface area (Å²) in [5.74, 6) is 0.567. The topological polar surface area (TPSA) is 62.5 Å². The molecule has 0 aromatic carbocycles. The molecular formula is C10H14Cl2N4O. The molecule has 0 spiro atoms. The predicted molar refractivity (Wildman–Crippen MR) is 70.6 cm³/mol. The van der Waals surface area contributed by atoms with Crippen molar-refractivity contribution >= 4 is 40.7 Å². The summed E-state index contributed by atoms with van der Waals surface area (Å²) >= 11 is 11.8. The van der Waals surface area contributed by atoms with E-state index in [4.69, 9.17) is 28.9 Å². The van der Waals surface area contributed by atoms with E-state index in [9.17, 15) is 4.79 Å². The number of amides is 1. The van der Waals surface area contributed by atoms with Gasteiger partial charge in [0.05, 0.1) is 16.6 Å². The van der Waals surface area contributed by atoms with Gasteiger partial charge in [0.1, 0.15) is 11.6 Å². The molecule has 1 aromatic rings. The summed E-state index contributed by atoms with van der Waals surface area (Å²) in [7, 11) is 5.08. The summed E-state index contributed by atoms with van der Waals surface area (Å²) < 4.78 is 0. The highest BCUT2D eigenvalue weighted by Gasteiger charge is 2.15. The molecule has 0 unspecified atom stereocenters. The molecule has 0 radical (unpaired) electrons. The summed E-state index contributed by atoms with van der Waals surface area (Å²) in [6, 6.07) is 1.51. The van der Waals surface area contributed by atoms with Crippen LogP contribution >= 0.6 is 23.2 Å². The van der Waals surface area contributed by atoms with Gasteiger partial charge < -0.3 is 15.5 Å². The third-order valence-electron chi connectivity index (χ3n) is 2.17. The van der Waals surface area contributed by atoms with Gasteiger partial charge in [0, 0.05) is 21.1 Å². The van der Waals surface area contributed by atoms with Gasteiger partial charge in [-0.05, 0) is 6.07 Å². The average Bonchev–Trinajstić information content (AvgIpc) is 2.22. The van der Waals surface area contributed by atoms with Crippen molar-refractivity contribution in [2.24, 2.45) is 0 Å². The van der Waals surface area contributed by atoms with Gasteiger partial charge in [-0.15, -0.1) is 0 Å². The lowest BCUT2D eigenvalue weighted by molar-refractivity contribution is -0.127. The average molecular weight is 277 g/mol. The van der Waals surface area contributed by atoms with Gasteiger partial charge in [-0.25, -0.2) is 4.98 Å². The van der Waals surface area contributed by atoms with Gasteiger partial charge in [-0.3, -0.25) is 4.79 Å². The summed E-state index contributed by atoms with van der Waals surface area (Å²) in [6.45, 7) is 0.167. The highest BCUT2D eigenvalue weighted by atomic mass is 35.5. The lowest BCUT2D eigenvalue weighted by Gasteiger charge is -2.21. The third-order valence-corrected chi connectivity index (χ3v) is 2.75. The second-order valence-electron chi connectivity index (χ2n) is 3.81. The minimum Gasteiger partial charge on any atom is -0.382 e. The largest absolute Gasteiger partial charge is 0.382 e. The molecule has 0 aliphatic rings. The Morgan fingerprint density at radius 3 is 2.47 bits per heavy atom. The Kier molecular flexibility index (Phi) is 4.42. The van der Waals surface area contributed by atoms with Crippen molar-refractivity contribution < 1.29 is 4.79 Å². The standard InChI is InChI=1S/C10H14Cl2N4O/c1-15(2)8(17)5-16(3)10-7(12)4-6(11)9(13)14-10/h4H,5H2,1-3H3,(H2,13,14). The summed E-state index contributed by atoms with van der Waals surface area (Å²) in [5, 5.41) is 0.657. The monoisotopic (exact) mass is 276 g/mol. The van der Waals surface area contributed by atoms with Gasteiger partial charge in [-0.2, -0.15) is 0 Å². The summed E-state index contributed by atoms with van der Waals surface area (Å²) in [6.07, 6.45) is 0. The molecule has 1 amide bonds. The van der Waals surface area contributed by atoms with Crippen LogP contribution in [0, 0.1) is 0 Å². The van der Waals surface area contributed by atoms with Crippen molar-refractivity contribution in [1.82, 2.24) is 9.88 Å². The number of carbonyl (C=O) groups excluding carboxylic acids is 1. The number of anilines is 2. The fourth-order valence-corrected chi connectivity index (χ4v) is 1.66. The molecule has 0 fully saturated rings. The molecule has 7 heteroatoms. The first-order chi connectivity index (χ1) is 7.82. The summed E-state index contributed by atoms with van der Waals surface area (Å²) in [5.41, 5.74) is 5.59. The SMILES string of the molecule is CN(C)C(=O)CN(C)c1nc(N)c(Cl)cc1Cl. The molecule has 2 N–H and O–H groups in total. The fourth-order valence-electron chi connectivity index (χ4n) is 1.16. The Morgan fingerprint density at radius 1 is 1.35 bits per heavy atom. The van der Waals surface area contributed by atoms with Crippen molar-refractivity contribution in [3.05, 3.63) is 16.1 Å². The minimum atomic E-state index is -0.0566. The van der Waals surface area contributed by atoms with Crippen LogP contribution < -0.4 is 10.6 Å². The van der Waals surface area contributed by atoms with E-state index in [1.807, 2.05) is 0 Å². The number of carbonyl (C=O) groups is 1. The molecule has 0 bridgehead atoms. The van der Waals surface area contributed by atoms with Crippen LogP contribution in [0.5, 0.6) is 0 Å². The van der Waals surface area contributed by atoms with Crippen molar-refractivity contribution in [3.63, 3.8) is 0 Å². The zero-order chi connectivity index (χ0) is 13.2. The van der Waals surface area contributed by atoms with Gasteiger partial charge in [-0.1, -0.05) is 23.2 Å². The van der Waals surface area contributed by atoms with E-state index in [0.29, 0.717) is 15.9 Å². The van der Waals surface area contributed by atoms with E-state index in [2.05, 4.69) is 4.98 Å². The highest BCUT2D eigenvalue weighted by Crippen LogP contribution is 2.29. The minimum absolute atomic E-state index is 0.0566. The lowest BCUT2D eigenvalue weighted by Crippen LogP contribution is -2.34. The normalized spacial score (nSPS) is 10.2. The van der Waals surface area contributed by atoms with Crippen molar-refractivity contribution in [1.29, 1.82) is 0 Å². The van der Waals surface area contributed by atoms with Gasteiger partial charge in [0.2, 0.25) is 5.91 Å². The number of hydrogen-bond donors (Lipinski definition) is 1. The van der Waals surface area contributed by atoms with Crippen molar-refractivity contribution in [2.45, 2.75) is 0 Å². The number of aromatic nitrogens is 1. The zero-order valence-corrected chi connectivity index (χ0v) is 11.4. The Morgan fingerprint density at radius 2 is 1.94 bits per heavy atom. The summed E-state index contributed by atoms with van der Waals surface area (Å²) in [4.78, 5) is 18.7. The van der Waals surface area contributed by atoms with Crippen LogP contribution in [0.2, 0.25) is 10.0 Å². The molecule has 94 valence electrons. The number of pyridine rings is 1. The zero-order valence-electron chi connectivity index (χ0n) is 9.87. The van der Waals surface area contributed by atoms with E-state index in [0.717, 1.165) is 0 Å². The Hall–Kier alpha value is -1.20. The molecule has 1 heterocycles. The number of halogens is 2. The van der Waals surface area contributed by atoms with Crippen molar-refractivity contribution in [3.8, 4) is 0 Å². The molecule has 0 saturated carbocycles. The second kappa shape index (κ2) is 5.42. The van der Waals surface area contributed by atoms with E-state index < -0.39 is 0 Å². The Labute approximate surface area is 110 Å². The molecule has 1 rings (SSSR count). The predicted octanol–water partition coefficient (Wildman–Crippen LogP) is 1.50. The molecule has 0 saturated heterocycles. The Bertz CT molecular complexity index is 437. The quantitative estimate of drug-likeness (QED) is 0.909. The van der Waals surface area contributed by atoms with Gasteiger partial charge in [0.15, 0.2) is 0 Å². The molecule has 0 aliphatic heterocycles. The number of hydrogen-bond acceptors (Lipinski definition) is 4. The first-order valence-corrected chi connectivity index (χ1v) is 5.61. The molecule has 1 aromatic heterocycles. The van der Waals surface area contributed by atoms with Gasteiger partial charge in [0.25, 0.3) is 0 Å². The lowest BCUT2D eigenvalue weighted by atomic mass is 10.4. The number of likely N-dealkylation sites (N-methyl/N-ethyl adjacent to an activating group) is 2. The fraction of sp³-hybridized carbons (Fsp3) is 0.400. The number of rotatable bonds is 3. The van der Waals surface area contributed by atoms with E-state index in [1.54, 1.807) is 26.0 Å². The first kappa shape index (κ1) is 13.9. The third kappa shape index (κ3) is 3.38. The maximum atomic E-state index is 11.5. The van der Waals surface area contributed by atoms with Crippen LogP contribution in [0.15, 0.2) is 6.07 Å². The van der Waals surface area contributed by atoms with Crippen LogP contribution in [-0.2, 0) is 4.79 Å². The maximum Gasteiger partial charge on any atom is 0.241 e. The maximum absolute atomic E-state index is 11.5. The molecule has 0 atom stereocenters. The smallest absolute Gasteiger partial charge is 0.241 e. The van der Waals surface area contributed by atoms with E-state index in [1.165, 1.54) is 11.0 Å². The molecule has 17 heavy (non-hydrogen) atoms. The highest BCUT2D eigenvalue weighted by molar-refractivity contribution is 6.37. The van der Waals surface area contributed by atoms with Gasteiger partial charge >= 0.3 is 0 Å². The van der Waals surface area contributed by atoms with Crippen molar-refractivity contribution in [2.75, 3.05) is 38.3 Å². The van der Waals surface area contributed by atoms with Crippen LogP contribution in [0.25, 0.3) is 0 Å².